The van der Waals surface area contributed by atoms with E-state index in [2.05, 4.69) is 0 Å². The zero-order valence-corrected chi connectivity index (χ0v) is 6.79. The zero-order chi connectivity index (χ0) is 9.30. The fraction of sp³-hybridized carbons (Fsp3) is 1.00. The van der Waals surface area contributed by atoms with Crippen molar-refractivity contribution in [3.05, 3.63) is 0 Å². The summed E-state index contributed by atoms with van der Waals surface area (Å²) in [5.41, 5.74) is 0. The maximum Gasteiger partial charge on any atom is 0.160 e. The summed E-state index contributed by atoms with van der Waals surface area (Å²) in [5, 5.41) is 36.4. The Morgan fingerprint density at radius 1 is 1.17 bits per heavy atom. The molecule has 1 fully saturated rings. The van der Waals surface area contributed by atoms with Crippen molar-refractivity contribution in [1.29, 1.82) is 0 Å². The lowest BCUT2D eigenvalue weighted by molar-refractivity contribution is -0.266. The first-order chi connectivity index (χ1) is 5.57. The number of hydrogen-bond donors (Lipinski definition) is 4. The van der Waals surface area contributed by atoms with Crippen LogP contribution >= 0.6 is 0 Å². The third-order valence-corrected chi connectivity index (χ3v) is 2.21. The Hall–Kier alpha value is -0.200. The van der Waals surface area contributed by atoms with Gasteiger partial charge in [0.1, 0.15) is 12.2 Å². The summed E-state index contributed by atoms with van der Waals surface area (Å²) in [6, 6.07) is 0. The fourth-order valence-corrected chi connectivity index (χ4v) is 1.23. The molecule has 0 aromatic carbocycles. The van der Waals surface area contributed by atoms with Gasteiger partial charge < -0.3 is 25.2 Å². The van der Waals surface area contributed by atoms with Gasteiger partial charge in [-0.1, -0.05) is 6.92 Å². The lowest BCUT2D eigenvalue weighted by atomic mass is 9.93. The monoisotopic (exact) mass is 178 g/mol. The van der Waals surface area contributed by atoms with Crippen LogP contribution in [-0.4, -0.2) is 51.6 Å². The summed E-state index contributed by atoms with van der Waals surface area (Å²) in [6.45, 7) is 1.15. The molecule has 0 bridgehead atoms. The lowest BCUT2D eigenvalue weighted by Crippen LogP contribution is -2.54. The summed E-state index contributed by atoms with van der Waals surface area (Å²) >= 11 is 0. The van der Waals surface area contributed by atoms with E-state index in [1.807, 2.05) is 0 Å². The molecule has 5 heteroatoms. The van der Waals surface area contributed by atoms with E-state index in [-0.39, 0.29) is 0 Å². The molecule has 5 nitrogen and oxygen atoms in total. The van der Waals surface area contributed by atoms with Gasteiger partial charge in [0.25, 0.3) is 0 Å². The van der Waals surface area contributed by atoms with E-state index in [9.17, 15) is 10.2 Å². The topological polar surface area (TPSA) is 90.2 Å². The number of rotatable bonds is 1. The molecule has 0 aromatic heterocycles. The Bertz CT molecular complexity index is 146. The van der Waals surface area contributed by atoms with Crippen LogP contribution in [0.3, 0.4) is 0 Å². The summed E-state index contributed by atoms with van der Waals surface area (Å²) < 4.78 is 4.83. The van der Waals surface area contributed by atoms with Crippen molar-refractivity contribution < 1.29 is 25.2 Å². The second kappa shape index (κ2) is 3.68. The van der Waals surface area contributed by atoms with Crippen molar-refractivity contribution in [3.63, 3.8) is 0 Å². The maximum absolute atomic E-state index is 9.32. The zero-order valence-electron chi connectivity index (χ0n) is 6.79. The quantitative estimate of drug-likeness (QED) is 0.375. The molecule has 1 saturated heterocycles. The highest BCUT2D eigenvalue weighted by molar-refractivity contribution is 4.86. The smallest absolute Gasteiger partial charge is 0.160 e. The van der Waals surface area contributed by atoms with Crippen LogP contribution in [0.5, 0.6) is 0 Å². The average Bonchev–Trinajstić information content (AvgIpc) is 2.08. The van der Waals surface area contributed by atoms with Gasteiger partial charge in [0, 0.05) is 5.92 Å². The van der Waals surface area contributed by atoms with Crippen molar-refractivity contribution in [2.45, 2.75) is 31.5 Å². The van der Waals surface area contributed by atoms with Crippen LogP contribution in [0.2, 0.25) is 0 Å². The van der Waals surface area contributed by atoms with Crippen molar-refractivity contribution in [2.75, 3.05) is 6.61 Å². The van der Waals surface area contributed by atoms with E-state index in [0.29, 0.717) is 0 Å². The molecule has 1 rings (SSSR count). The van der Waals surface area contributed by atoms with Gasteiger partial charge in [0.05, 0.1) is 12.7 Å². The minimum Gasteiger partial charge on any atom is -0.394 e. The van der Waals surface area contributed by atoms with Crippen LogP contribution in [0, 0.1) is 5.92 Å². The summed E-state index contributed by atoms with van der Waals surface area (Å²) in [5.74, 6) is -0.539. The van der Waals surface area contributed by atoms with Gasteiger partial charge in [-0.3, -0.25) is 0 Å². The largest absolute Gasteiger partial charge is 0.394 e. The van der Waals surface area contributed by atoms with E-state index >= 15 is 0 Å². The Balaban J connectivity index is 2.63. The molecule has 1 aliphatic heterocycles. The van der Waals surface area contributed by atoms with Crippen LogP contribution in [0.25, 0.3) is 0 Å². The third kappa shape index (κ3) is 1.60. The van der Waals surface area contributed by atoms with Gasteiger partial charge in [0.2, 0.25) is 0 Å². The molecule has 0 amide bonds. The number of aliphatic hydroxyl groups excluding tert-OH is 4. The first-order valence-corrected chi connectivity index (χ1v) is 3.88. The molecular weight excluding hydrogens is 164 g/mol. The molecule has 0 radical (unpaired) electrons. The predicted octanol–water partition coefficient (Wildman–Crippen LogP) is -1.95. The molecule has 0 aromatic rings. The Morgan fingerprint density at radius 3 is 2.25 bits per heavy atom. The van der Waals surface area contributed by atoms with E-state index in [4.69, 9.17) is 14.9 Å². The highest BCUT2D eigenvalue weighted by Gasteiger charge is 2.40. The van der Waals surface area contributed by atoms with E-state index in [1.165, 1.54) is 0 Å². The number of aliphatic hydroxyl groups is 4. The van der Waals surface area contributed by atoms with Gasteiger partial charge >= 0.3 is 0 Å². The Labute approximate surface area is 70.2 Å². The maximum atomic E-state index is 9.32. The lowest BCUT2D eigenvalue weighted by Gasteiger charge is -2.38. The van der Waals surface area contributed by atoms with Crippen LogP contribution in [-0.2, 0) is 4.74 Å². The highest BCUT2D eigenvalue weighted by Crippen LogP contribution is 2.23. The molecule has 1 aliphatic rings. The molecule has 0 saturated carbocycles. The van der Waals surface area contributed by atoms with Crippen molar-refractivity contribution >= 4 is 0 Å². The Kier molecular flexibility index (Phi) is 3.03. The first kappa shape index (κ1) is 9.88. The molecule has 2 unspecified atom stereocenters. The molecular formula is C7H14O5. The molecule has 4 N–H and O–H groups in total. The Morgan fingerprint density at radius 2 is 1.75 bits per heavy atom. The molecule has 72 valence electrons. The van der Waals surface area contributed by atoms with Crippen LogP contribution in [0.1, 0.15) is 6.92 Å². The summed E-state index contributed by atoms with van der Waals surface area (Å²) in [6.07, 6.45) is -4.20. The van der Waals surface area contributed by atoms with Crippen molar-refractivity contribution in [1.82, 2.24) is 0 Å². The van der Waals surface area contributed by atoms with Crippen LogP contribution < -0.4 is 0 Å². The van der Waals surface area contributed by atoms with Crippen LogP contribution in [0.4, 0.5) is 0 Å². The third-order valence-electron chi connectivity index (χ3n) is 2.21. The van der Waals surface area contributed by atoms with Gasteiger partial charge in [-0.2, -0.15) is 0 Å². The van der Waals surface area contributed by atoms with E-state index in [0.717, 1.165) is 0 Å². The molecule has 0 spiro atoms. The van der Waals surface area contributed by atoms with Crippen LogP contribution in [0.15, 0.2) is 0 Å². The van der Waals surface area contributed by atoms with Crippen molar-refractivity contribution in [2.24, 2.45) is 5.92 Å². The number of ether oxygens (including phenoxy) is 1. The number of hydrogen-bond acceptors (Lipinski definition) is 5. The molecule has 0 aliphatic carbocycles. The minimum absolute atomic E-state index is 0.415. The van der Waals surface area contributed by atoms with Gasteiger partial charge in [-0.15, -0.1) is 0 Å². The van der Waals surface area contributed by atoms with Gasteiger partial charge in [0.15, 0.2) is 6.29 Å². The average molecular weight is 178 g/mol. The minimum atomic E-state index is -1.13. The van der Waals surface area contributed by atoms with E-state index < -0.39 is 37.1 Å². The molecule has 1 heterocycles. The summed E-state index contributed by atoms with van der Waals surface area (Å²) in [4.78, 5) is 0. The SMILES string of the molecule is C[C@H]1C(O)O[C@H](CO)C(O)[C@@H]1O. The summed E-state index contributed by atoms with van der Waals surface area (Å²) in [7, 11) is 0. The van der Waals surface area contributed by atoms with Crippen molar-refractivity contribution in [3.8, 4) is 0 Å². The molecule has 5 atom stereocenters. The van der Waals surface area contributed by atoms with Gasteiger partial charge in [-0.25, -0.2) is 0 Å². The fourth-order valence-electron chi connectivity index (χ4n) is 1.23. The predicted molar refractivity (Wildman–Crippen MR) is 39.1 cm³/mol. The second-order valence-electron chi connectivity index (χ2n) is 3.09. The normalized spacial score (nSPS) is 49.2. The molecule has 12 heavy (non-hydrogen) atoms. The van der Waals surface area contributed by atoms with E-state index in [1.54, 1.807) is 6.92 Å². The second-order valence-corrected chi connectivity index (χ2v) is 3.09. The van der Waals surface area contributed by atoms with Gasteiger partial charge in [-0.05, 0) is 0 Å². The standard InChI is InChI=1S/C7H14O5/c1-3-5(9)6(10)4(2-8)12-7(3)11/h3-11H,2H2,1H3/t3-,4-,5-,6?,7?/m1/s1. The first-order valence-electron chi connectivity index (χ1n) is 3.88. The highest BCUT2D eigenvalue weighted by atomic mass is 16.6.